The summed E-state index contributed by atoms with van der Waals surface area (Å²) in [5, 5.41) is 10.1. The van der Waals surface area contributed by atoms with Crippen LogP contribution in [0.4, 0.5) is 4.39 Å². The lowest BCUT2D eigenvalue weighted by Gasteiger charge is -2.31. The molecule has 1 aliphatic carbocycles. The van der Waals surface area contributed by atoms with Gasteiger partial charge < -0.3 is 15.6 Å². The third-order valence-corrected chi connectivity index (χ3v) is 4.07. The normalized spacial score (nSPS) is 27.4. The van der Waals surface area contributed by atoms with Gasteiger partial charge in [-0.2, -0.15) is 0 Å². The molecule has 0 amide bonds. The molecule has 0 aromatic heterocycles. The molecule has 0 heterocycles. The van der Waals surface area contributed by atoms with Gasteiger partial charge in [0.25, 0.3) is 0 Å². The largest absolute Gasteiger partial charge is 0.494 e. The molecule has 18 heavy (non-hydrogen) atoms. The average molecular weight is 253 g/mol. The summed E-state index contributed by atoms with van der Waals surface area (Å²) < 4.78 is 19.1. The van der Waals surface area contributed by atoms with Crippen molar-refractivity contribution in [2.45, 2.75) is 31.8 Å². The molecule has 2 rings (SSSR count). The minimum Gasteiger partial charge on any atom is -0.494 e. The fourth-order valence-corrected chi connectivity index (χ4v) is 2.87. The Labute approximate surface area is 107 Å². The van der Waals surface area contributed by atoms with Crippen LogP contribution in [0.3, 0.4) is 0 Å². The maximum Gasteiger partial charge on any atom is 0.168 e. The predicted molar refractivity (Wildman–Crippen MR) is 68.0 cm³/mol. The lowest BCUT2D eigenvalue weighted by Crippen LogP contribution is -2.39. The number of methoxy groups -OCH3 is 1. The summed E-state index contributed by atoms with van der Waals surface area (Å²) in [5.74, 6) is -0.0981. The standard InChI is InChI=1S/C14H20FNO2/c1-18-11-5-2-4-10(13(11)15)8-14(9-16)7-3-6-12(14)17/h2,4-5,12,17H,3,6-9,16H2,1H3. The molecule has 1 aliphatic rings. The Bertz CT molecular complexity index is 424. The molecule has 100 valence electrons. The van der Waals surface area contributed by atoms with Crippen LogP contribution in [0.2, 0.25) is 0 Å². The van der Waals surface area contributed by atoms with Gasteiger partial charge in [0, 0.05) is 12.0 Å². The van der Waals surface area contributed by atoms with E-state index in [4.69, 9.17) is 10.5 Å². The van der Waals surface area contributed by atoms with Crippen molar-refractivity contribution in [1.82, 2.24) is 0 Å². The Morgan fingerprint density at radius 2 is 2.33 bits per heavy atom. The highest BCUT2D eigenvalue weighted by Crippen LogP contribution is 2.41. The molecule has 3 N–H and O–H groups in total. The van der Waals surface area contributed by atoms with Crippen molar-refractivity contribution in [3.8, 4) is 5.75 Å². The van der Waals surface area contributed by atoms with Crippen molar-refractivity contribution >= 4 is 0 Å². The fraction of sp³-hybridized carbons (Fsp3) is 0.571. The zero-order chi connectivity index (χ0) is 13.2. The van der Waals surface area contributed by atoms with Crippen molar-refractivity contribution in [3.63, 3.8) is 0 Å². The second-order valence-corrected chi connectivity index (χ2v) is 5.08. The van der Waals surface area contributed by atoms with E-state index in [0.717, 1.165) is 19.3 Å². The third-order valence-electron chi connectivity index (χ3n) is 4.07. The van der Waals surface area contributed by atoms with Gasteiger partial charge in [0.2, 0.25) is 0 Å². The highest BCUT2D eigenvalue weighted by molar-refractivity contribution is 5.32. The van der Waals surface area contributed by atoms with Crippen LogP contribution in [0.1, 0.15) is 24.8 Å². The van der Waals surface area contributed by atoms with Crippen LogP contribution in [-0.4, -0.2) is 24.9 Å². The molecule has 0 aliphatic heterocycles. The summed E-state index contributed by atoms with van der Waals surface area (Å²) in [6, 6.07) is 5.10. The molecule has 1 aromatic rings. The van der Waals surface area contributed by atoms with Crippen LogP contribution in [0.25, 0.3) is 0 Å². The van der Waals surface area contributed by atoms with Crippen LogP contribution in [0, 0.1) is 11.2 Å². The molecule has 0 saturated heterocycles. The first-order valence-electron chi connectivity index (χ1n) is 6.32. The maximum atomic E-state index is 14.1. The van der Waals surface area contributed by atoms with Crippen molar-refractivity contribution in [2.75, 3.05) is 13.7 Å². The summed E-state index contributed by atoms with van der Waals surface area (Å²) in [4.78, 5) is 0. The second-order valence-electron chi connectivity index (χ2n) is 5.08. The van der Waals surface area contributed by atoms with Crippen LogP contribution in [-0.2, 0) is 6.42 Å². The summed E-state index contributed by atoms with van der Waals surface area (Å²) in [6.07, 6.45) is 2.58. The molecule has 4 heteroatoms. The van der Waals surface area contributed by atoms with Crippen LogP contribution in [0.15, 0.2) is 18.2 Å². The predicted octanol–water partition coefficient (Wildman–Crippen LogP) is 1.87. The van der Waals surface area contributed by atoms with Gasteiger partial charge in [-0.25, -0.2) is 4.39 Å². The zero-order valence-electron chi connectivity index (χ0n) is 10.7. The fourth-order valence-electron chi connectivity index (χ4n) is 2.87. The van der Waals surface area contributed by atoms with E-state index < -0.39 is 6.10 Å². The molecule has 2 unspecified atom stereocenters. The van der Waals surface area contributed by atoms with Crippen LogP contribution in [0.5, 0.6) is 5.75 Å². The first kappa shape index (κ1) is 13.3. The van der Waals surface area contributed by atoms with E-state index in [-0.39, 0.29) is 17.0 Å². The van der Waals surface area contributed by atoms with Gasteiger partial charge in [-0.15, -0.1) is 0 Å². The van der Waals surface area contributed by atoms with Gasteiger partial charge in [0.15, 0.2) is 11.6 Å². The van der Waals surface area contributed by atoms with E-state index in [1.165, 1.54) is 7.11 Å². The first-order valence-corrected chi connectivity index (χ1v) is 6.32. The number of aliphatic hydroxyl groups is 1. The van der Waals surface area contributed by atoms with E-state index in [1.807, 2.05) is 0 Å². The maximum absolute atomic E-state index is 14.1. The molecule has 2 atom stereocenters. The van der Waals surface area contributed by atoms with Gasteiger partial charge in [-0.05, 0) is 30.9 Å². The van der Waals surface area contributed by atoms with E-state index in [2.05, 4.69) is 0 Å². The number of rotatable bonds is 4. The molecule has 3 nitrogen and oxygen atoms in total. The Hall–Kier alpha value is -1.13. The van der Waals surface area contributed by atoms with Gasteiger partial charge in [-0.1, -0.05) is 18.6 Å². The number of hydrogen-bond acceptors (Lipinski definition) is 3. The zero-order valence-corrected chi connectivity index (χ0v) is 10.7. The summed E-state index contributed by atoms with van der Waals surface area (Å²) >= 11 is 0. The number of halogens is 1. The molecule has 0 bridgehead atoms. The van der Waals surface area contributed by atoms with E-state index in [0.29, 0.717) is 18.5 Å². The van der Waals surface area contributed by atoms with E-state index in [9.17, 15) is 9.50 Å². The van der Waals surface area contributed by atoms with E-state index >= 15 is 0 Å². The monoisotopic (exact) mass is 253 g/mol. The average Bonchev–Trinajstić information content (AvgIpc) is 2.74. The van der Waals surface area contributed by atoms with Crippen molar-refractivity contribution in [2.24, 2.45) is 11.1 Å². The van der Waals surface area contributed by atoms with Gasteiger partial charge in [0.05, 0.1) is 13.2 Å². The van der Waals surface area contributed by atoms with Crippen molar-refractivity contribution in [3.05, 3.63) is 29.6 Å². The summed E-state index contributed by atoms with van der Waals surface area (Å²) in [7, 11) is 1.45. The third kappa shape index (κ3) is 2.22. The number of aliphatic hydroxyl groups excluding tert-OH is 1. The lowest BCUT2D eigenvalue weighted by atomic mass is 9.78. The Morgan fingerprint density at radius 3 is 2.89 bits per heavy atom. The number of nitrogens with two attached hydrogens (primary N) is 1. The topological polar surface area (TPSA) is 55.5 Å². The summed E-state index contributed by atoms with van der Waals surface area (Å²) in [6.45, 7) is 0.380. The van der Waals surface area contributed by atoms with Crippen LogP contribution >= 0.6 is 0 Å². The molecular weight excluding hydrogens is 233 g/mol. The summed E-state index contributed by atoms with van der Waals surface area (Å²) in [5.41, 5.74) is 6.00. The van der Waals surface area contributed by atoms with Crippen molar-refractivity contribution in [1.29, 1.82) is 0 Å². The quantitative estimate of drug-likeness (QED) is 0.861. The Kier molecular flexibility index (Phi) is 3.88. The molecule has 1 fully saturated rings. The van der Waals surface area contributed by atoms with Gasteiger partial charge in [-0.3, -0.25) is 0 Å². The first-order chi connectivity index (χ1) is 8.63. The van der Waals surface area contributed by atoms with Crippen molar-refractivity contribution < 1.29 is 14.2 Å². The molecule has 0 spiro atoms. The Morgan fingerprint density at radius 1 is 1.56 bits per heavy atom. The molecule has 1 saturated carbocycles. The Balaban J connectivity index is 2.28. The lowest BCUT2D eigenvalue weighted by molar-refractivity contribution is 0.0581. The van der Waals surface area contributed by atoms with Crippen LogP contribution < -0.4 is 10.5 Å². The number of hydrogen-bond donors (Lipinski definition) is 2. The molecular formula is C14H20FNO2. The minimum atomic E-state index is -0.437. The second kappa shape index (κ2) is 5.24. The minimum absolute atomic E-state index is 0.243. The highest BCUT2D eigenvalue weighted by atomic mass is 19.1. The van der Waals surface area contributed by atoms with E-state index in [1.54, 1.807) is 18.2 Å². The highest BCUT2D eigenvalue weighted by Gasteiger charge is 2.41. The molecule has 1 aromatic carbocycles. The SMILES string of the molecule is COc1cccc(CC2(CN)CCCC2O)c1F. The number of benzene rings is 1. The van der Waals surface area contributed by atoms with Gasteiger partial charge >= 0.3 is 0 Å². The van der Waals surface area contributed by atoms with Gasteiger partial charge in [0.1, 0.15) is 0 Å². The smallest absolute Gasteiger partial charge is 0.168 e. The molecule has 0 radical (unpaired) electrons. The number of ether oxygens (including phenoxy) is 1.